The topological polar surface area (TPSA) is 56.8 Å². The average Bonchev–Trinajstić information content (AvgIpc) is 2.74. The van der Waals surface area contributed by atoms with E-state index in [1.807, 2.05) is 11.0 Å². The summed E-state index contributed by atoms with van der Waals surface area (Å²) in [6, 6.07) is 6.44. The lowest BCUT2D eigenvalue weighted by Crippen LogP contribution is -2.52. The van der Waals surface area contributed by atoms with E-state index in [2.05, 4.69) is 23.4 Å². The van der Waals surface area contributed by atoms with Gasteiger partial charge in [0.2, 0.25) is 0 Å². The van der Waals surface area contributed by atoms with E-state index in [9.17, 15) is 21.6 Å². The number of piperazine rings is 1. The van der Waals surface area contributed by atoms with Gasteiger partial charge in [0.05, 0.1) is 10.5 Å². The Hall–Kier alpha value is -2.30. The maximum Gasteiger partial charge on any atom is 0.416 e. The van der Waals surface area contributed by atoms with Gasteiger partial charge in [0.1, 0.15) is 5.69 Å². The zero-order valence-corrected chi connectivity index (χ0v) is 18.3. The molecule has 2 aromatic rings. The van der Waals surface area contributed by atoms with Crippen LogP contribution in [0.3, 0.4) is 0 Å². The number of anilines is 2. The van der Waals surface area contributed by atoms with Crippen LogP contribution in [-0.4, -0.2) is 50.5 Å². The monoisotopic (exact) mass is 474 g/mol. The van der Waals surface area contributed by atoms with E-state index < -0.39 is 21.8 Å². The number of aromatic nitrogens is 1. The second-order valence-corrected chi connectivity index (χ2v) is 9.49. The molecule has 1 saturated heterocycles. The molecule has 3 rings (SSSR count). The summed E-state index contributed by atoms with van der Waals surface area (Å²) in [6.45, 7) is 8.49. The summed E-state index contributed by atoms with van der Waals surface area (Å²) in [4.78, 5) is 8.16. The van der Waals surface area contributed by atoms with Crippen molar-refractivity contribution in [2.75, 3.05) is 34.9 Å². The van der Waals surface area contributed by atoms with Crippen molar-refractivity contribution in [3.05, 3.63) is 60.8 Å². The summed E-state index contributed by atoms with van der Waals surface area (Å²) in [7, 11) is -4.31. The second-order valence-electron chi connectivity index (χ2n) is 7.17. The first kappa shape index (κ1) is 23.4. The Balaban J connectivity index is 1.89. The highest BCUT2D eigenvalue weighted by molar-refractivity contribution is 7.94. The van der Waals surface area contributed by atoms with Gasteiger partial charge >= 0.3 is 6.18 Å². The molecule has 1 aromatic carbocycles. The number of hydrogen-bond acceptors (Lipinski definition) is 5. The van der Waals surface area contributed by atoms with Crippen LogP contribution in [-0.2, 0) is 16.2 Å². The second kappa shape index (κ2) is 9.05. The minimum Gasteiger partial charge on any atom is -0.352 e. The maximum absolute atomic E-state index is 13.0. The van der Waals surface area contributed by atoms with Gasteiger partial charge in [0, 0.05) is 50.2 Å². The lowest BCUT2D eigenvalue weighted by atomic mass is 10.2. The van der Waals surface area contributed by atoms with Crippen LogP contribution in [0.25, 0.3) is 0 Å². The Bertz CT molecular complexity index is 1030. The predicted octanol–water partition coefficient (Wildman–Crippen LogP) is 4.15. The molecule has 0 radical (unpaired) electrons. The molecule has 0 aliphatic carbocycles. The minimum absolute atomic E-state index is 0.133. The van der Waals surface area contributed by atoms with Gasteiger partial charge in [-0.1, -0.05) is 6.08 Å². The zero-order chi connectivity index (χ0) is 22.8. The molecule has 1 aliphatic rings. The van der Waals surface area contributed by atoms with Gasteiger partial charge in [0.15, 0.2) is 5.82 Å². The standard InChI is InChI=1S/C20H22ClF3N4O2S/c1-3-11-26-12-13-27(14-15(26)2)19-18(5-4-10-25-19)28(21)31(29,30)17-8-6-16(7-9-17)20(22,23)24/h3-10,15H,1,11-14H2,2H3. The largest absolute Gasteiger partial charge is 0.416 e. The van der Waals surface area contributed by atoms with Crippen LogP contribution >= 0.6 is 11.8 Å². The van der Waals surface area contributed by atoms with Gasteiger partial charge in [-0.05, 0) is 43.3 Å². The molecule has 0 N–H and O–H groups in total. The number of alkyl halides is 3. The third-order valence-corrected chi connectivity index (χ3v) is 7.29. The fourth-order valence-corrected chi connectivity index (χ4v) is 4.87. The molecule has 0 bridgehead atoms. The van der Waals surface area contributed by atoms with Crippen molar-refractivity contribution in [3.63, 3.8) is 0 Å². The number of nitrogens with zero attached hydrogens (tertiary/aromatic N) is 4. The molecule has 0 spiro atoms. The number of hydrogen-bond donors (Lipinski definition) is 0. The van der Waals surface area contributed by atoms with E-state index in [-0.39, 0.29) is 16.6 Å². The van der Waals surface area contributed by atoms with E-state index in [0.717, 1.165) is 25.2 Å². The normalized spacial score (nSPS) is 18.1. The predicted molar refractivity (Wildman–Crippen MR) is 115 cm³/mol. The Morgan fingerprint density at radius 1 is 1.26 bits per heavy atom. The summed E-state index contributed by atoms with van der Waals surface area (Å²) in [5, 5.41) is 0. The summed E-state index contributed by atoms with van der Waals surface area (Å²) >= 11 is 6.23. The summed E-state index contributed by atoms with van der Waals surface area (Å²) in [6.07, 6.45) is -1.20. The summed E-state index contributed by atoms with van der Waals surface area (Å²) in [5.74, 6) is 0.387. The van der Waals surface area contributed by atoms with Gasteiger partial charge in [-0.2, -0.15) is 25.4 Å². The van der Waals surface area contributed by atoms with Gasteiger partial charge < -0.3 is 4.90 Å². The van der Waals surface area contributed by atoms with Crippen LogP contribution in [0.5, 0.6) is 0 Å². The molecule has 1 fully saturated rings. The molecule has 1 aliphatic heterocycles. The van der Waals surface area contributed by atoms with Gasteiger partial charge in [-0.3, -0.25) is 4.90 Å². The van der Waals surface area contributed by atoms with E-state index in [1.165, 1.54) is 12.3 Å². The van der Waals surface area contributed by atoms with Crippen LogP contribution in [0.2, 0.25) is 0 Å². The SMILES string of the molecule is C=CCN1CCN(c2ncccc2N(Cl)S(=O)(=O)c2ccc(C(F)(F)F)cc2)CC1C. The smallest absolute Gasteiger partial charge is 0.352 e. The molecule has 1 unspecified atom stereocenters. The molecular formula is C20H22ClF3N4O2S. The van der Waals surface area contributed by atoms with Crippen molar-refractivity contribution in [2.45, 2.75) is 24.0 Å². The van der Waals surface area contributed by atoms with Gasteiger partial charge in [-0.15, -0.1) is 6.58 Å². The fraction of sp³-hybridized carbons (Fsp3) is 0.350. The van der Waals surface area contributed by atoms with Crippen molar-refractivity contribution in [1.82, 2.24) is 9.88 Å². The van der Waals surface area contributed by atoms with Gasteiger partial charge in [-0.25, -0.2) is 4.98 Å². The molecule has 0 amide bonds. The van der Waals surface area contributed by atoms with Crippen LogP contribution in [0, 0.1) is 0 Å². The van der Waals surface area contributed by atoms with E-state index in [1.54, 1.807) is 6.07 Å². The van der Waals surface area contributed by atoms with Crippen molar-refractivity contribution < 1.29 is 21.6 Å². The summed E-state index contributed by atoms with van der Waals surface area (Å²) in [5.41, 5.74) is -0.811. The highest BCUT2D eigenvalue weighted by Crippen LogP contribution is 2.35. The molecule has 1 atom stereocenters. The molecule has 0 saturated carbocycles. The third kappa shape index (κ3) is 4.97. The Morgan fingerprint density at radius 3 is 2.52 bits per heavy atom. The van der Waals surface area contributed by atoms with E-state index in [4.69, 9.17) is 11.8 Å². The Morgan fingerprint density at radius 2 is 1.94 bits per heavy atom. The van der Waals surface area contributed by atoms with Crippen molar-refractivity contribution in [1.29, 1.82) is 0 Å². The van der Waals surface area contributed by atoms with Crippen molar-refractivity contribution >= 4 is 33.3 Å². The molecule has 11 heteroatoms. The van der Waals surface area contributed by atoms with Crippen LogP contribution < -0.4 is 8.72 Å². The van der Waals surface area contributed by atoms with E-state index in [0.29, 0.717) is 34.9 Å². The van der Waals surface area contributed by atoms with Gasteiger partial charge in [0.25, 0.3) is 10.0 Å². The number of sulfonamides is 1. The Kier molecular flexibility index (Phi) is 6.82. The first-order valence-electron chi connectivity index (χ1n) is 9.49. The quantitative estimate of drug-likeness (QED) is 0.465. The lowest BCUT2D eigenvalue weighted by Gasteiger charge is -2.40. The molecule has 31 heavy (non-hydrogen) atoms. The van der Waals surface area contributed by atoms with Crippen molar-refractivity contribution in [3.8, 4) is 0 Å². The molecule has 2 heterocycles. The third-order valence-electron chi connectivity index (χ3n) is 5.07. The van der Waals surface area contributed by atoms with Crippen molar-refractivity contribution in [2.24, 2.45) is 0 Å². The molecule has 6 nitrogen and oxygen atoms in total. The van der Waals surface area contributed by atoms with Crippen LogP contribution in [0.15, 0.2) is 60.1 Å². The lowest BCUT2D eigenvalue weighted by molar-refractivity contribution is -0.137. The minimum atomic E-state index is -4.57. The molecular weight excluding hydrogens is 453 g/mol. The van der Waals surface area contributed by atoms with E-state index >= 15 is 0 Å². The first-order chi connectivity index (χ1) is 14.6. The summed E-state index contributed by atoms with van der Waals surface area (Å²) < 4.78 is 64.9. The highest BCUT2D eigenvalue weighted by atomic mass is 35.5. The van der Waals surface area contributed by atoms with Crippen LogP contribution in [0.1, 0.15) is 12.5 Å². The molecule has 168 valence electrons. The number of halogens is 4. The van der Waals surface area contributed by atoms with Crippen LogP contribution in [0.4, 0.5) is 24.7 Å². The first-order valence-corrected chi connectivity index (χ1v) is 11.3. The average molecular weight is 475 g/mol. The Labute approximate surface area is 184 Å². The zero-order valence-electron chi connectivity index (χ0n) is 16.8. The number of rotatable bonds is 6. The fourth-order valence-electron chi connectivity index (χ4n) is 3.43. The highest BCUT2D eigenvalue weighted by Gasteiger charge is 2.33. The number of benzene rings is 1. The molecule has 1 aromatic heterocycles. The number of pyridine rings is 1. The maximum atomic E-state index is 13.0.